The Kier molecular flexibility index (Phi) is 2.52. The monoisotopic (exact) mass is 247 g/mol. The first-order valence-electron chi connectivity index (χ1n) is 6.66. The Bertz CT molecular complexity index is 477. The molecule has 98 valence electrons. The minimum atomic E-state index is -0.0461. The lowest BCUT2D eigenvalue weighted by molar-refractivity contribution is 0.0593. The number of fused-ring (bicyclic) bond motifs is 1. The van der Waals surface area contributed by atoms with Crippen molar-refractivity contribution in [3.63, 3.8) is 0 Å². The molecule has 3 heterocycles. The standard InChI is InChI=1S/C14H21N3O/c1-14(2)11-8-15-7-10(11)9-17(14)13(18)12-5-4-6-16(12)3/h4-6,10-11,15H,7-9H2,1-3H3. The van der Waals surface area contributed by atoms with E-state index < -0.39 is 0 Å². The fourth-order valence-corrected chi connectivity index (χ4v) is 3.59. The molecule has 2 saturated heterocycles. The van der Waals surface area contributed by atoms with Crippen molar-refractivity contribution in [3.05, 3.63) is 24.0 Å². The lowest BCUT2D eigenvalue weighted by atomic mass is 9.85. The van der Waals surface area contributed by atoms with E-state index in [0.29, 0.717) is 11.8 Å². The summed E-state index contributed by atoms with van der Waals surface area (Å²) in [5.74, 6) is 1.37. The van der Waals surface area contributed by atoms with Crippen molar-refractivity contribution >= 4 is 5.91 Å². The van der Waals surface area contributed by atoms with Crippen LogP contribution in [0, 0.1) is 11.8 Å². The Morgan fingerprint density at radius 1 is 1.44 bits per heavy atom. The summed E-state index contributed by atoms with van der Waals surface area (Å²) in [4.78, 5) is 14.7. The summed E-state index contributed by atoms with van der Waals surface area (Å²) >= 11 is 0. The van der Waals surface area contributed by atoms with Gasteiger partial charge < -0.3 is 14.8 Å². The molecule has 0 radical (unpaired) electrons. The quantitative estimate of drug-likeness (QED) is 0.807. The maximum absolute atomic E-state index is 12.7. The van der Waals surface area contributed by atoms with Crippen LogP contribution in [-0.2, 0) is 7.05 Å². The van der Waals surface area contributed by atoms with E-state index in [0.717, 1.165) is 25.3 Å². The van der Waals surface area contributed by atoms with Crippen LogP contribution in [0.3, 0.4) is 0 Å². The van der Waals surface area contributed by atoms with Crippen LogP contribution in [-0.4, -0.2) is 40.5 Å². The van der Waals surface area contributed by atoms with Crippen LogP contribution in [0.15, 0.2) is 18.3 Å². The van der Waals surface area contributed by atoms with E-state index >= 15 is 0 Å². The van der Waals surface area contributed by atoms with E-state index in [1.54, 1.807) is 0 Å². The number of aromatic nitrogens is 1. The van der Waals surface area contributed by atoms with Crippen LogP contribution >= 0.6 is 0 Å². The molecule has 18 heavy (non-hydrogen) atoms. The van der Waals surface area contributed by atoms with Crippen molar-refractivity contribution in [3.8, 4) is 0 Å². The summed E-state index contributed by atoms with van der Waals surface area (Å²) in [5.41, 5.74) is 0.742. The molecule has 0 bridgehead atoms. The van der Waals surface area contributed by atoms with Crippen LogP contribution in [0.4, 0.5) is 0 Å². The highest BCUT2D eigenvalue weighted by Gasteiger charge is 2.51. The number of amides is 1. The van der Waals surface area contributed by atoms with Crippen molar-refractivity contribution in [2.45, 2.75) is 19.4 Å². The van der Waals surface area contributed by atoms with Crippen molar-refractivity contribution in [1.29, 1.82) is 0 Å². The SMILES string of the molecule is Cn1cccc1C(=O)N1CC2CNCC2C1(C)C. The Morgan fingerprint density at radius 2 is 2.22 bits per heavy atom. The topological polar surface area (TPSA) is 37.3 Å². The van der Waals surface area contributed by atoms with Crippen molar-refractivity contribution in [1.82, 2.24) is 14.8 Å². The Labute approximate surface area is 108 Å². The number of aryl methyl sites for hydroxylation is 1. The number of likely N-dealkylation sites (tertiary alicyclic amines) is 1. The summed E-state index contributed by atoms with van der Waals surface area (Å²) < 4.78 is 1.91. The third-order valence-corrected chi connectivity index (χ3v) is 4.77. The molecule has 2 atom stereocenters. The molecular weight excluding hydrogens is 226 g/mol. The molecule has 4 heteroatoms. The van der Waals surface area contributed by atoms with Gasteiger partial charge in [0.2, 0.25) is 0 Å². The number of hydrogen-bond acceptors (Lipinski definition) is 2. The molecule has 4 nitrogen and oxygen atoms in total. The van der Waals surface area contributed by atoms with Crippen LogP contribution in [0.5, 0.6) is 0 Å². The van der Waals surface area contributed by atoms with Gasteiger partial charge in [-0.2, -0.15) is 0 Å². The molecule has 2 unspecified atom stereocenters. The van der Waals surface area contributed by atoms with Gasteiger partial charge in [-0.3, -0.25) is 4.79 Å². The molecule has 3 rings (SSSR count). The lowest BCUT2D eigenvalue weighted by Crippen LogP contribution is -2.48. The number of carbonyl (C=O) groups is 1. The summed E-state index contributed by atoms with van der Waals surface area (Å²) in [5, 5.41) is 3.44. The second-order valence-corrected chi connectivity index (χ2v) is 6.10. The van der Waals surface area contributed by atoms with Crippen molar-refractivity contribution < 1.29 is 4.79 Å². The average Bonchev–Trinajstić information content (AvgIpc) is 2.96. The van der Waals surface area contributed by atoms with Gasteiger partial charge in [-0.05, 0) is 37.8 Å². The number of nitrogens with one attached hydrogen (secondary N) is 1. The Hall–Kier alpha value is -1.29. The van der Waals surface area contributed by atoms with Crippen LogP contribution < -0.4 is 5.32 Å². The van der Waals surface area contributed by atoms with Crippen LogP contribution in [0.1, 0.15) is 24.3 Å². The first-order chi connectivity index (χ1) is 8.51. The zero-order chi connectivity index (χ0) is 12.9. The first kappa shape index (κ1) is 11.8. The van der Waals surface area contributed by atoms with E-state index in [9.17, 15) is 4.79 Å². The molecule has 1 N–H and O–H groups in total. The molecule has 2 fully saturated rings. The van der Waals surface area contributed by atoms with Crippen molar-refractivity contribution in [2.24, 2.45) is 18.9 Å². The normalized spacial score (nSPS) is 29.6. The number of rotatable bonds is 1. The zero-order valence-electron chi connectivity index (χ0n) is 11.3. The van der Waals surface area contributed by atoms with Gasteiger partial charge in [-0.1, -0.05) is 0 Å². The highest BCUT2D eigenvalue weighted by Crippen LogP contribution is 2.41. The van der Waals surface area contributed by atoms with E-state index in [1.807, 2.05) is 29.9 Å². The highest BCUT2D eigenvalue weighted by molar-refractivity contribution is 5.93. The third kappa shape index (κ3) is 1.52. The number of carbonyl (C=O) groups excluding carboxylic acids is 1. The average molecular weight is 247 g/mol. The minimum Gasteiger partial charge on any atom is -0.347 e. The molecular formula is C14H21N3O. The molecule has 0 spiro atoms. The Morgan fingerprint density at radius 3 is 2.83 bits per heavy atom. The summed E-state index contributed by atoms with van der Waals surface area (Å²) in [6.45, 7) is 7.37. The Balaban J connectivity index is 1.90. The third-order valence-electron chi connectivity index (χ3n) is 4.77. The van der Waals surface area contributed by atoms with Gasteiger partial charge in [0.05, 0.1) is 0 Å². The highest BCUT2D eigenvalue weighted by atomic mass is 16.2. The summed E-state index contributed by atoms with van der Waals surface area (Å²) in [6.07, 6.45) is 1.93. The minimum absolute atomic E-state index is 0.0461. The van der Waals surface area contributed by atoms with E-state index in [2.05, 4.69) is 24.1 Å². The van der Waals surface area contributed by atoms with Crippen molar-refractivity contribution in [2.75, 3.05) is 19.6 Å². The van der Waals surface area contributed by atoms with E-state index in [4.69, 9.17) is 0 Å². The van der Waals surface area contributed by atoms with Gasteiger partial charge in [0.15, 0.2) is 0 Å². The van der Waals surface area contributed by atoms with Crippen LogP contribution in [0.2, 0.25) is 0 Å². The van der Waals surface area contributed by atoms with Gasteiger partial charge in [0.1, 0.15) is 5.69 Å². The molecule has 1 aromatic heterocycles. The molecule has 1 amide bonds. The molecule has 1 aromatic rings. The number of hydrogen-bond donors (Lipinski definition) is 1. The fourth-order valence-electron chi connectivity index (χ4n) is 3.59. The fraction of sp³-hybridized carbons (Fsp3) is 0.643. The van der Waals surface area contributed by atoms with E-state index in [1.165, 1.54) is 0 Å². The van der Waals surface area contributed by atoms with Gasteiger partial charge in [-0.25, -0.2) is 0 Å². The summed E-state index contributed by atoms with van der Waals surface area (Å²) in [7, 11) is 1.93. The second kappa shape index (κ2) is 3.85. The number of nitrogens with zero attached hydrogens (tertiary/aromatic N) is 2. The maximum Gasteiger partial charge on any atom is 0.270 e. The molecule has 2 aliphatic heterocycles. The second-order valence-electron chi connectivity index (χ2n) is 6.10. The maximum atomic E-state index is 12.7. The predicted molar refractivity (Wildman–Crippen MR) is 70.4 cm³/mol. The smallest absolute Gasteiger partial charge is 0.270 e. The van der Waals surface area contributed by atoms with Crippen LogP contribution in [0.25, 0.3) is 0 Å². The first-order valence-corrected chi connectivity index (χ1v) is 6.66. The molecule has 0 aliphatic carbocycles. The van der Waals surface area contributed by atoms with E-state index in [-0.39, 0.29) is 11.4 Å². The largest absolute Gasteiger partial charge is 0.347 e. The summed E-state index contributed by atoms with van der Waals surface area (Å²) in [6, 6.07) is 3.84. The van der Waals surface area contributed by atoms with Gasteiger partial charge >= 0.3 is 0 Å². The lowest BCUT2D eigenvalue weighted by Gasteiger charge is -2.35. The van der Waals surface area contributed by atoms with Gasteiger partial charge in [0.25, 0.3) is 5.91 Å². The molecule has 0 aromatic carbocycles. The zero-order valence-corrected chi connectivity index (χ0v) is 11.3. The molecule has 0 saturated carbocycles. The van der Waals surface area contributed by atoms with Gasteiger partial charge in [-0.15, -0.1) is 0 Å². The molecule has 2 aliphatic rings. The predicted octanol–water partition coefficient (Wildman–Crippen LogP) is 1.10. The van der Waals surface area contributed by atoms with Gasteiger partial charge in [0, 0.05) is 38.4 Å².